The van der Waals surface area contributed by atoms with Crippen LogP contribution in [0.3, 0.4) is 0 Å². The number of aliphatic carboxylic acids is 1. The maximum Gasteiger partial charge on any atom is 0.312 e. The van der Waals surface area contributed by atoms with Crippen LogP contribution >= 0.6 is 0 Å². The van der Waals surface area contributed by atoms with Gasteiger partial charge in [0.1, 0.15) is 5.60 Å². The van der Waals surface area contributed by atoms with E-state index >= 15 is 0 Å². The number of carboxylic acid groups (broad SMARTS) is 1. The van der Waals surface area contributed by atoms with Gasteiger partial charge >= 0.3 is 11.9 Å². The van der Waals surface area contributed by atoms with Gasteiger partial charge in [-0.25, -0.2) is 0 Å². The lowest BCUT2D eigenvalue weighted by Crippen LogP contribution is -2.56. The van der Waals surface area contributed by atoms with Crippen molar-refractivity contribution in [3.63, 3.8) is 0 Å². The highest BCUT2D eigenvalue weighted by Gasteiger charge is 2.84. The number of carbonyl (C=O) groups excluding carboxylic acids is 1. The lowest BCUT2D eigenvalue weighted by atomic mass is 9.59. The topological polar surface area (TPSA) is 104 Å². The highest BCUT2D eigenvalue weighted by Crippen LogP contribution is 2.78. The van der Waals surface area contributed by atoms with E-state index in [9.17, 15) is 24.9 Å². The highest BCUT2D eigenvalue weighted by atomic mass is 16.6. The number of carboxylic acids is 1. The van der Waals surface area contributed by atoms with Gasteiger partial charge in [-0.1, -0.05) is 6.58 Å². The first kappa shape index (κ1) is 15.8. The average Bonchev–Trinajstić information content (AvgIpc) is 2.95. The minimum absolute atomic E-state index is 0.244. The van der Waals surface area contributed by atoms with Crippen molar-refractivity contribution in [1.29, 1.82) is 0 Å². The number of hydrogen-bond donors (Lipinski definition) is 3. The number of carbonyl (C=O) groups is 2. The Morgan fingerprint density at radius 3 is 2.72 bits per heavy atom. The fraction of sp³-hybridized carbons (Fsp3) is 0.789. The van der Waals surface area contributed by atoms with E-state index in [0.717, 1.165) is 0 Å². The van der Waals surface area contributed by atoms with Gasteiger partial charge in [0.25, 0.3) is 0 Å². The van der Waals surface area contributed by atoms with Crippen LogP contribution in [0.25, 0.3) is 0 Å². The summed E-state index contributed by atoms with van der Waals surface area (Å²) in [4.78, 5) is 25.1. The molecule has 1 saturated heterocycles. The predicted octanol–water partition coefficient (Wildman–Crippen LogP) is 1.25. The molecular formula is C19H24O6. The van der Waals surface area contributed by atoms with E-state index < -0.39 is 45.9 Å². The second-order valence-corrected chi connectivity index (χ2v) is 9.32. The van der Waals surface area contributed by atoms with Gasteiger partial charge in [0.05, 0.1) is 23.0 Å². The quantitative estimate of drug-likeness (QED) is 0.487. The molecule has 0 aromatic heterocycles. The molecule has 0 aromatic rings. The van der Waals surface area contributed by atoms with Crippen LogP contribution in [-0.4, -0.2) is 44.6 Å². The Bertz CT molecular complexity index is 731. The molecule has 5 aliphatic rings. The minimum Gasteiger partial charge on any atom is -0.481 e. The van der Waals surface area contributed by atoms with Crippen LogP contribution in [0, 0.1) is 28.6 Å². The first-order valence-corrected chi connectivity index (χ1v) is 9.17. The smallest absolute Gasteiger partial charge is 0.312 e. The summed E-state index contributed by atoms with van der Waals surface area (Å²) in [6.45, 7) is 5.83. The Labute approximate surface area is 145 Å². The molecule has 0 aromatic carbocycles. The maximum absolute atomic E-state index is 12.7. The summed E-state index contributed by atoms with van der Waals surface area (Å²) < 4.78 is 5.91. The minimum atomic E-state index is -1.13. The largest absolute Gasteiger partial charge is 0.481 e. The molecule has 5 rings (SSSR count). The third kappa shape index (κ3) is 1.41. The van der Waals surface area contributed by atoms with Crippen molar-refractivity contribution in [3.8, 4) is 0 Å². The summed E-state index contributed by atoms with van der Waals surface area (Å²) in [5.74, 6) is -2.92. The Morgan fingerprint density at radius 2 is 2.04 bits per heavy atom. The summed E-state index contributed by atoms with van der Waals surface area (Å²) in [6.07, 6.45) is 1.86. The van der Waals surface area contributed by atoms with E-state index in [1.165, 1.54) is 0 Å². The first-order valence-electron chi connectivity index (χ1n) is 9.17. The number of rotatable bonds is 1. The molecular weight excluding hydrogens is 324 g/mol. The van der Waals surface area contributed by atoms with Crippen LogP contribution in [-0.2, 0) is 14.3 Å². The van der Waals surface area contributed by atoms with Crippen molar-refractivity contribution in [2.45, 2.75) is 62.8 Å². The van der Waals surface area contributed by atoms with Crippen molar-refractivity contribution in [2.24, 2.45) is 28.6 Å². The van der Waals surface area contributed by atoms with Crippen molar-refractivity contribution < 1.29 is 29.6 Å². The van der Waals surface area contributed by atoms with Crippen molar-refractivity contribution in [3.05, 3.63) is 12.2 Å². The van der Waals surface area contributed by atoms with Crippen LogP contribution < -0.4 is 0 Å². The van der Waals surface area contributed by atoms with E-state index in [1.807, 2.05) is 0 Å². The summed E-state index contributed by atoms with van der Waals surface area (Å²) in [5.41, 5.74) is -3.02. The van der Waals surface area contributed by atoms with Crippen LogP contribution in [0.15, 0.2) is 12.2 Å². The molecule has 0 radical (unpaired) electrons. The average molecular weight is 348 g/mol. The number of hydrogen-bond acceptors (Lipinski definition) is 5. The van der Waals surface area contributed by atoms with Crippen molar-refractivity contribution in [2.75, 3.05) is 0 Å². The number of fused-ring (bicyclic) bond motifs is 1. The van der Waals surface area contributed by atoms with E-state index in [0.29, 0.717) is 44.1 Å². The molecule has 1 aliphatic heterocycles. The Kier molecular flexibility index (Phi) is 2.61. The molecule has 136 valence electrons. The summed E-state index contributed by atoms with van der Waals surface area (Å²) >= 11 is 0. The van der Waals surface area contributed by atoms with Gasteiger partial charge in [-0.05, 0) is 56.4 Å². The lowest BCUT2D eigenvalue weighted by molar-refractivity contribution is -0.177. The molecule has 4 saturated carbocycles. The second kappa shape index (κ2) is 4.12. The van der Waals surface area contributed by atoms with Crippen molar-refractivity contribution in [1.82, 2.24) is 0 Å². The van der Waals surface area contributed by atoms with E-state index in [2.05, 4.69) is 6.58 Å². The summed E-state index contributed by atoms with van der Waals surface area (Å²) in [5, 5.41) is 32.0. The number of esters is 1. The predicted molar refractivity (Wildman–Crippen MR) is 85.3 cm³/mol. The second-order valence-electron chi connectivity index (χ2n) is 9.32. The summed E-state index contributed by atoms with van der Waals surface area (Å²) in [7, 11) is 0. The number of aliphatic hydroxyl groups excluding tert-OH is 1. The summed E-state index contributed by atoms with van der Waals surface area (Å²) in [6, 6.07) is 0. The molecule has 0 amide bonds. The van der Waals surface area contributed by atoms with Gasteiger partial charge < -0.3 is 20.1 Å². The molecule has 1 spiro atoms. The van der Waals surface area contributed by atoms with Crippen LogP contribution in [0.4, 0.5) is 0 Å². The van der Waals surface area contributed by atoms with E-state index in [4.69, 9.17) is 4.74 Å². The van der Waals surface area contributed by atoms with Gasteiger partial charge in [0.2, 0.25) is 0 Å². The zero-order valence-corrected chi connectivity index (χ0v) is 14.3. The fourth-order valence-electron chi connectivity index (χ4n) is 7.62. The molecule has 4 bridgehead atoms. The lowest BCUT2D eigenvalue weighted by Gasteiger charge is -2.47. The molecule has 25 heavy (non-hydrogen) atoms. The fourth-order valence-corrected chi connectivity index (χ4v) is 7.62. The molecule has 4 aliphatic carbocycles. The Hall–Kier alpha value is -1.40. The molecule has 3 N–H and O–H groups in total. The molecule has 6 nitrogen and oxygen atoms in total. The molecule has 6 heteroatoms. The first-order chi connectivity index (χ1) is 11.6. The number of aliphatic hydroxyl groups is 2. The van der Waals surface area contributed by atoms with Gasteiger partial charge in [-0.15, -0.1) is 0 Å². The monoisotopic (exact) mass is 348 g/mol. The van der Waals surface area contributed by atoms with Gasteiger partial charge in [0.15, 0.2) is 0 Å². The van der Waals surface area contributed by atoms with E-state index in [-0.39, 0.29) is 11.9 Å². The SMILES string of the molecule is C=C1C[C@]23C[C@@]1(O)CC[C@H]2[C@]12OC(=O)[C@](C)(CC[C@@H]1O)[C@H]2[C@@H]3C(=O)O. The van der Waals surface area contributed by atoms with Gasteiger partial charge in [0, 0.05) is 11.8 Å². The van der Waals surface area contributed by atoms with Crippen LogP contribution in [0.1, 0.15) is 45.4 Å². The number of ether oxygens (including phenoxy) is 1. The van der Waals surface area contributed by atoms with Gasteiger partial charge in [-0.3, -0.25) is 9.59 Å². The van der Waals surface area contributed by atoms with Gasteiger partial charge in [-0.2, -0.15) is 0 Å². The van der Waals surface area contributed by atoms with E-state index in [1.54, 1.807) is 6.92 Å². The standard InChI is InChI=1S/C19H24O6/c1-9-7-17-8-18(9,24)6-3-10(17)19-11(20)4-5-16(2,15(23)25-19)13(19)12(17)14(21)22/h10-13,20,24H,1,3-8H2,2H3,(H,21,22)/t10-,11+,12-,13-,16-,17+,18+,19+/m1/s1. The Morgan fingerprint density at radius 1 is 1.32 bits per heavy atom. The Balaban J connectivity index is 1.78. The third-order valence-corrected chi connectivity index (χ3v) is 8.49. The molecule has 5 fully saturated rings. The molecule has 1 heterocycles. The van der Waals surface area contributed by atoms with Crippen molar-refractivity contribution >= 4 is 11.9 Å². The van der Waals surface area contributed by atoms with Crippen LogP contribution in [0.5, 0.6) is 0 Å². The normalized spacial score (nSPS) is 58.7. The third-order valence-electron chi connectivity index (χ3n) is 8.49. The zero-order valence-electron chi connectivity index (χ0n) is 14.3. The molecule has 8 atom stereocenters. The highest BCUT2D eigenvalue weighted by molar-refractivity contribution is 5.85. The maximum atomic E-state index is 12.7. The van der Waals surface area contributed by atoms with Crippen LogP contribution in [0.2, 0.25) is 0 Å². The zero-order chi connectivity index (χ0) is 18.0. The molecule has 0 unspecified atom stereocenters.